The summed E-state index contributed by atoms with van der Waals surface area (Å²) in [6, 6.07) is 0.242. The van der Waals surface area contributed by atoms with Gasteiger partial charge in [-0.1, -0.05) is 11.6 Å². The fourth-order valence-corrected chi connectivity index (χ4v) is 2.84. The third-order valence-electron chi connectivity index (χ3n) is 4.10. The van der Waals surface area contributed by atoms with Crippen LogP contribution in [0.25, 0.3) is 0 Å². The minimum atomic E-state index is -4.61. The third kappa shape index (κ3) is 4.37. The van der Waals surface area contributed by atoms with Crippen molar-refractivity contribution in [2.45, 2.75) is 31.6 Å². The molecule has 0 radical (unpaired) electrons. The van der Waals surface area contributed by atoms with E-state index in [-0.39, 0.29) is 18.5 Å². The smallest absolute Gasteiger partial charge is 0.416 e. The second-order valence-corrected chi connectivity index (χ2v) is 6.25. The predicted octanol–water partition coefficient (Wildman–Crippen LogP) is 2.63. The number of likely N-dealkylation sites (tertiary alicyclic amines) is 1. The molecule has 3 heterocycles. The molecule has 136 valence electrons. The van der Waals surface area contributed by atoms with Crippen LogP contribution in [0.2, 0.25) is 5.02 Å². The summed E-state index contributed by atoms with van der Waals surface area (Å²) in [6.07, 6.45) is 0.123. The van der Waals surface area contributed by atoms with E-state index in [1.165, 1.54) is 0 Å². The molecule has 0 N–H and O–H groups in total. The predicted molar refractivity (Wildman–Crippen MR) is 83.0 cm³/mol. The first-order valence-electron chi connectivity index (χ1n) is 7.65. The van der Waals surface area contributed by atoms with Crippen molar-refractivity contribution in [1.29, 1.82) is 0 Å². The first-order valence-corrected chi connectivity index (χ1v) is 8.03. The monoisotopic (exact) mass is 376 g/mol. The molecule has 2 aromatic rings. The Balaban J connectivity index is 1.53. The largest absolute Gasteiger partial charge is 0.470 e. The van der Waals surface area contributed by atoms with E-state index in [0.29, 0.717) is 24.1 Å². The zero-order valence-electron chi connectivity index (χ0n) is 13.4. The van der Waals surface area contributed by atoms with Crippen LogP contribution in [0.3, 0.4) is 0 Å². The summed E-state index contributed by atoms with van der Waals surface area (Å²) in [6.45, 7) is 1.61. The standard InChI is InChI=1S/C14H16ClF3N6O/c1-23(13-19-6-9(15)7-20-13)10-2-4-24(5-3-10)8-11-21-22-12(25-11)14(16,17)18/h6-7,10H,2-5,8H2,1H3. The van der Waals surface area contributed by atoms with Crippen molar-refractivity contribution in [1.82, 2.24) is 25.1 Å². The van der Waals surface area contributed by atoms with Gasteiger partial charge in [-0.05, 0) is 12.8 Å². The zero-order chi connectivity index (χ0) is 18.0. The van der Waals surface area contributed by atoms with Gasteiger partial charge in [0, 0.05) is 26.2 Å². The molecule has 25 heavy (non-hydrogen) atoms. The van der Waals surface area contributed by atoms with E-state index in [4.69, 9.17) is 11.6 Å². The summed E-state index contributed by atoms with van der Waals surface area (Å²) >= 11 is 5.79. The highest BCUT2D eigenvalue weighted by Crippen LogP contribution is 2.28. The van der Waals surface area contributed by atoms with E-state index in [1.54, 1.807) is 12.4 Å². The summed E-state index contributed by atoms with van der Waals surface area (Å²) < 4.78 is 42.1. The molecule has 1 aliphatic heterocycles. The summed E-state index contributed by atoms with van der Waals surface area (Å²) in [4.78, 5) is 12.4. The lowest BCUT2D eigenvalue weighted by molar-refractivity contribution is -0.157. The maximum absolute atomic E-state index is 12.5. The number of hydrogen-bond donors (Lipinski definition) is 0. The Hall–Kier alpha value is -1.94. The van der Waals surface area contributed by atoms with Gasteiger partial charge in [0.1, 0.15) is 0 Å². The van der Waals surface area contributed by atoms with Gasteiger partial charge in [0.25, 0.3) is 0 Å². The Labute approximate surface area is 146 Å². The van der Waals surface area contributed by atoms with Gasteiger partial charge in [0.05, 0.1) is 24.0 Å². The molecule has 1 fully saturated rings. The Morgan fingerprint density at radius 2 is 1.88 bits per heavy atom. The summed E-state index contributed by atoms with van der Waals surface area (Å²) in [5.74, 6) is -0.744. The molecule has 0 atom stereocenters. The van der Waals surface area contributed by atoms with Gasteiger partial charge in [-0.25, -0.2) is 9.97 Å². The molecular weight excluding hydrogens is 361 g/mol. The van der Waals surface area contributed by atoms with Crippen molar-refractivity contribution in [3.05, 3.63) is 29.2 Å². The molecule has 0 aliphatic carbocycles. The van der Waals surface area contributed by atoms with E-state index in [0.717, 1.165) is 12.8 Å². The van der Waals surface area contributed by atoms with Gasteiger partial charge in [-0.15, -0.1) is 10.2 Å². The van der Waals surface area contributed by atoms with Crippen LogP contribution in [0.5, 0.6) is 0 Å². The second-order valence-electron chi connectivity index (χ2n) is 5.82. The lowest BCUT2D eigenvalue weighted by Crippen LogP contribution is -2.43. The number of hydrogen-bond acceptors (Lipinski definition) is 7. The van der Waals surface area contributed by atoms with Crippen LogP contribution in [-0.2, 0) is 12.7 Å². The molecule has 11 heteroatoms. The van der Waals surface area contributed by atoms with Gasteiger partial charge in [0.15, 0.2) is 0 Å². The molecule has 1 saturated heterocycles. The summed E-state index contributed by atoms with van der Waals surface area (Å²) in [7, 11) is 1.91. The highest BCUT2D eigenvalue weighted by Gasteiger charge is 2.38. The van der Waals surface area contributed by atoms with Crippen LogP contribution in [0.15, 0.2) is 16.8 Å². The van der Waals surface area contributed by atoms with Crippen molar-refractivity contribution in [2.24, 2.45) is 0 Å². The minimum Gasteiger partial charge on any atom is -0.416 e. The molecule has 7 nitrogen and oxygen atoms in total. The summed E-state index contributed by atoms with van der Waals surface area (Å²) in [5, 5.41) is 6.98. The number of halogens is 4. The fourth-order valence-electron chi connectivity index (χ4n) is 2.74. The van der Waals surface area contributed by atoms with Crippen molar-refractivity contribution in [3.8, 4) is 0 Å². The lowest BCUT2D eigenvalue weighted by Gasteiger charge is -2.36. The SMILES string of the molecule is CN(c1ncc(Cl)cn1)C1CCN(Cc2nnc(C(F)(F)F)o2)CC1. The Morgan fingerprint density at radius 3 is 2.44 bits per heavy atom. The lowest BCUT2D eigenvalue weighted by atomic mass is 10.0. The Kier molecular flexibility index (Phi) is 5.09. The first kappa shape index (κ1) is 17.9. The van der Waals surface area contributed by atoms with Gasteiger partial charge in [-0.2, -0.15) is 13.2 Å². The molecule has 0 unspecified atom stereocenters. The number of anilines is 1. The van der Waals surface area contributed by atoms with E-state index >= 15 is 0 Å². The van der Waals surface area contributed by atoms with E-state index in [2.05, 4.69) is 24.6 Å². The highest BCUT2D eigenvalue weighted by molar-refractivity contribution is 6.30. The quantitative estimate of drug-likeness (QED) is 0.812. The molecule has 0 saturated carbocycles. The van der Waals surface area contributed by atoms with Crippen LogP contribution in [0, 0.1) is 0 Å². The van der Waals surface area contributed by atoms with E-state index < -0.39 is 12.1 Å². The van der Waals surface area contributed by atoms with Crippen LogP contribution in [-0.4, -0.2) is 51.2 Å². The Bertz CT molecular complexity index is 699. The van der Waals surface area contributed by atoms with E-state index in [1.807, 2.05) is 16.8 Å². The average Bonchev–Trinajstić information content (AvgIpc) is 3.04. The number of alkyl halides is 3. The van der Waals surface area contributed by atoms with Crippen LogP contribution >= 0.6 is 11.6 Å². The topological polar surface area (TPSA) is 71.2 Å². The molecule has 2 aromatic heterocycles. The third-order valence-corrected chi connectivity index (χ3v) is 4.29. The molecule has 0 amide bonds. The van der Waals surface area contributed by atoms with Crippen molar-refractivity contribution >= 4 is 17.5 Å². The fraction of sp³-hybridized carbons (Fsp3) is 0.571. The van der Waals surface area contributed by atoms with Crippen LogP contribution in [0.1, 0.15) is 24.6 Å². The molecule has 0 spiro atoms. The van der Waals surface area contributed by atoms with Crippen molar-refractivity contribution < 1.29 is 17.6 Å². The summed E-state index contributed by atoms with van der Waals surface area (Å²) in [5.41, 5.74) is 0. The molecule has 1 aliphatic rings. The normalized spacial score (nSPS) is 17.0. The van der Waals surface area contributed by atoms with Gasteiger partial charge in [-0.3, -0.25) is 4.90 Å². The van der Waals surface area contributed by atoms with Crippen molar-refractivity contribution in [3.63, 3.8) is 0 Å². The number of aromatic nitrogens is 4. The van der Waals surface area contributed by atoms with E-state index in [9.17, 15) is 13.2 Å². The van der Waals surface area contributed by atoms with Gasteiger partial charge >= 0.3 is 12.1 Å². The molecule has 3 rings (SSSR count). The van der Waals surface area contributed by atoms with Crippen molar-refractivity contribution in [2.75, 3.05) is 25.0 Å². The molecule has 0 bridgehead atoms. The van der Waals surface area contributed by atoms with Crippen LogP contribution < -0.4 is 4.90 Å². The number of rotatable bonds is 4. The van der Waals surface area contributed by atoms with Crippen LogP contribution in [0.4, 0.5) is 19.1 Å². The second kappa shape index (κ2) is 7.12. The molecular formula is C14H16ClF3N6O. The van der Waals surface area contributed by atoms with Gasteiger partial charge < -0.3 is 9.32 Å². The zero-order valence-corrected chi connectivity index (χ0v) is 14.1. The number of piperidine rings is 1. The highest BCUT2D eigenvalue weighted by atomic mass is 35.5. The molecule has 0 aromatic carbocycles. The average molecular weight is 377 g/mol. The minimum absolute atomic E-state index is 0.0276. The maximum Gasteiger partial charge on any atom is 0.470 e. The maximum atomic E-state index is 12.5. The number of nitrogens with zero attached hydrogens (tertiary/aromatic N) is 6. The Morgan fingerprint density at radius 1 is 1.24 bits per heavy atom. The first-order chi connectivity index (χ1) is 11.8. The van der Waals surface area contributed by atoms with Gasteiger partial charge in [0.2, 0.25) is 11.8 Å².